The first-order chi connectivity index (χ1) is 8.72. The average molecular weight is 237 g/mol. The van der Waals surface area contributed by atoms with Crippen LogP contribution in [0.2, 0.25) is 0 Å². The van der Waals surface area contributed by atoms with E-state index in [0.29, 0.717) is 6.61 Å². The molecular weight excluding hydrogens is 222 g/mol. The average Bonchev–Trinajstić information content (AvgIpc) is 2.40. The Hall–Kier alpha value is -2.40. The zero-order valence-corrected chi connectivity index (χ0v) is 10.4. The summed E-state index contributed by atoms with van der Waals surface area (Å²) >= 11 is 0. The van der Waals surface area contributed by atoms with Crippen LogP contribution in [0.1, 0.15) is 5.56 Å². The molecule has 0 spiro atoms. The van der Waals surface area contributed by atoms with E-state index in [-0.39, 0.29) is 0 Å². The van der Waals surface area contributed by atoms with Gasteiger partial charge in [0.15, 0.2) is 0 Å². The number of hydrogen-bond acceptors (Lipinski definition) is 2. The summed E-state index contributed by atoms with van der Waals surface area (Å²) in [7, 11) is 2.00. The van der Waals surface area contributed by atoms with E-state index < -0.39 is 0 Å². The molecule has 0 radical (unpaired) electrons. The molecule has 0 fully saturated rings. The van der Waals surface area contributed by atoms with Gasteiger partial charge in [0.2, 0.25) is 0 Å². The van der Waals surface area contributed by atoms with Crippen LogP contribution in [0.15, 0.2) is 54.8 Å². The molecule has 0 saturated carbocycles. The van der Waals surface area contributed by atoms with Crippen molar-refractivity contribution in [2.24, 2.45) is 0 Å². The van der Waals surface area contributed by atoms with Gasteiger partial charge >= 0.3 is 0 Å². The first-order valence-corrected chi connectivity index (χ1v) is 5.70. The lowest BCUT2D eigenvalue weighted by Gasteiger charge is -2.25. The number of rotatable bonds is 3. The lowest BCUT2D eigenvalue weighted by molar-refractivity contribution is 0.370. The summed E-state index contributed by atoms with van der Waals surface area (Å²) in [5.41, 5.74) is 3.21. The van der Waals surface area contributed by atoms with E-state index >= 15 is 0 Å². The predicted octanol–water partition coefficient (Wildman–Crippen LogP) is 3.05. The number of allylic oxidation sites excluding steroid dienone is 3. The second kappa shape index (κ2) is 5.29. The van der Waals surface area contributed by atoms with Gasteiger partial charge in [-0.05, 0) is 42.0 Å². The maximum absolute atomic E-state index is 5.34. The van der Waals surface area contributed by atoms with Crippen LogP contribution in [0.3, 0.4) is 0 Å². The summed E-state index contributed by atoms with van der Waals surface area (Å²) in [6.07, 6.45) is 11.2. The second-order valence-corrected chi connectivity index (χ2v) is 3.98. The third-order valence-electron chi connectivity index (χ3n) is 2.81. The van der Waals surface area contributed by atoms with E-state index in [4.69, 9.17) is 11.2 Å². The van der Waals surface area contributed by atoms with E-state index in [1.54, 1.807) is 0 Å². The van der Waals surface area contributed by atoms with Crippen LogP contribution in [-0.2, 0) is 0 Å². The number of nitrogens with zero attached hydrogens (tertiary/aromatic N) is 1. The number of ether oxygens (including phenoxy) is 1. The first kappa shape index (κ1) is 12.1. The summed E-state index contributed by atoms with van der Waals surface area (Å²) < 4.78 is 5.34. The predicted molar refractivity (Wildman–Crippen MR) is 74.8 cm³/mol. The topological polar surface area (TPSA) is 12.5 Å². The molecule has 2 heteroatoms. The Balaban J connectivity index is 2.20. The van der Waals surface area contributed by atoms with E-state index in [1.165, 1.54) is 0 Å². The van der Waals surface area contributed by atoms with Crippen molar-refractivity contribution in [3.63, 3.8) is 0 Å². The quantitative estimate of drug-likeness (QED) is 0.749. The van der Waals surface area contributed by atoms with Gasteiger partial charge < -0.3 is 9.64 Å². The Bertz CT molecular complexity index is 543. The van der Waals surface area contributed by atoms with Crippen molar-refractivity contribution in [2.45, 2.75) is 0 Å². The maximum atomic E-state index is 5.34. The molecule has 1 aromatic carbocycles. The van der Waals surface area contributed by atoms with Gasteiger partial charge in [0.25, 0.3) is 0 Å². The Morgan fingerprint density at radius 1 is 1.33 bits per heavy atom. The summed E-state index contributed by atoms with van der Waals surface area (Å²) in [6.45, 7) is 4.27. The van der Waals surface area contributed by atoms with Crippen molar-refractivity contribution < 1.29 is 4.74 Å². The molecule has 0 saturated heterocycles. The molecule has 1 heterocycles. The van der Waals surface area contributed by atoms with E-state index in [2.05, 4.69) is 23.5 Å². The molecule has 0 N–H and O–H groups in total. The molecule has 1 aliphatic heterocycles. The summed E-state index contributed by atoms with van der Waals surface area (Å²) in [4.78, 5) is 2.05. The lowest BCUT2D eigenvalue weighted by atomic mass is 10.1. The third kappa shape index (κ3) is 2.46. The lowest BCUT2D eigenvalue weighted by Crippen LogP contribution is -2.16. The molecular formula is C16H15NO. The Morgan fingerprint density at radius 3 is 2.72 bits per heavy atom. The fourth-order valence-electron chi connectivity index (χ4n) is 1.77. The van der Waals surface area contributed by atoms with Crippen molar-refractivity contribution in [1.82, 2.24) is 4.90 Å². The van der Waals surface area contributed by atoms with Gasteiger partial charge in [-0.15, -0.1) is 6.42 Å². The van der Waals surface area contributed by atoms with Crippen molar-refractivity contribution in [3.8, 4) is 18.1 Å². The highest BCUT2D eigenvalue weighted by atomic mass is 16.5. The van der Waals surface area contributed by atoms with E-state index in [1.807, 2.05) is 43.5 Å². The van der Waals surface area contributed by atoms with Crippen LogP contribution in [0.25, 0.3) is 5.70 Å². The second-order valence-electron chi connectivity index (χ2n) is 3.98. The standard InChI is InChI=1S/C16H15NO/c1-4-12-18-15-10-8-14(9-11-15)16-7-5-6-13(2)17(16)3/h1,5-11H,2,12H2,3H3. The fourth-order valence-corrected chi connectivity index (χ4v) is 1.77. The summed E-state index contributed by atoms with van der Waals surface area (Å²) in [6, 6.07) is 7.87. The van der Waals surface area contributed by atoms with Gasteiger partial charge in [-0.3, -0.25) is 0 Å². The van der Waals surface area contributed by atoms with Gasteiger partial charge in [-0.1, -0.05) is 18.6 Å². The number of likely N-dealkylation sites (N-methyl/N-ethyl adjacent to an activating group) is 1. The number of hydrogen-bond donors (Lipinski definition) is 0. The Kier molecular flexibility index (Phi) is 3.54. The fraction of sp³-hybridized carbons (Fsp3) is 0.125. The van der Waals surface area contributed by atoms with Crippen LogP contribution in [-0.4, -0.2) is 18.6 Å². The van der Waals surface area contributed by atoms with E-state index in [9.17, 15) is 0 Å². The minimum absolute atomic E-state index is 0.293. The van der Waals surface area contributed by atoms with Crippen molar-refractivity contribution in [1.29, 1.82) is 0 Å². The van der Waals surface area contributed by atoms with Gasteiger partial charge in [-0.25, -0.2) is 0 Å². The van der Waals surface area contributed by atoms with Crippen molar-refractivity contribution >= 4 is 5.70 Å². The van der Waals surface area contributed by atoms with Crippen LogP contribution in [0, 0.1) is 12.3 Å². The van der Waals surface area contributed by atoms with E-state index in [0.717, 1.165) is 22.7 Å². The van der Waals surface area contributed by atoms with Gasteiger partial charge in [0.05, 0.1) is 0 Å². The normalized spacial score (nSPS) is 14.1. The van der Waals surface area contributed by atoms with Crippen molar-refractivity contribution in [3.05, 3.63) is 60.3 Å². The zero-order valence-electron chi connectivity index (χ0n) is 10.4. The molecule has 1 aromatic rings. The minimum Gasteiger partial charge on any atom is -0.481 e. The number of terminal acetylenes is 1. The largest absolute Gasteiger partial charge is 0.481 e. The molecule has 0 bridgehead atoms. The zero-order chi connectivity index (χ0) is 13.0. The molecule has 2 rings (SSSR count). The molecule has 0 aliphatic carbocycles. The van der Waals surface area contributed by atoms with Gasteiger partial charge in [-0.2, -0.15) is 0 Å². The molecule has 0 amide bonds. The molecule has 18 heavy (non-hydrogen) atoms. The highest BCUT2D eigenvalue weighted by molar-refractivity contribution is 5.69. The summed E-state index contributed by atoms with van der Waals surface area (Å²) in [5, 5.41) is 0. The molecule has 2 nitrogen and oxygen atoms in total. The SMILES string of the molecule is C#CCOc1ccc(C2=CC=CC(=C)N2C)cc1. The summed E-state index contributed by atoms with van der Waals surface area (Å²) in [5.74, 6) is 3.23. The smallest absolute Gasteiger partial charge is 0.148 e. The Morgan fingerprint density at radius 2 is 2.06 bits per heavy atom. The number of benzene rings is 1. The van der Waals surface area contributed by atoms with Crippen LogP contribution in [0.5, 0.6) is 5.75 Å². The molecule has 1 aliphatic rings. The molecule has 90 valence electrons. The van der Waals surface area contributed by atoms with Crippen molar-refractivity contribution in [2.75, 3.05) is 13.7 Å². The molecule has 0 aromatic heterocycles. The van der Waals surface area contributed by atoms with Crippen LogP contribution < -0.4 is 4.74 Å². The Labute approximate surface area is 108 Å². The minimum atomic E-state index is 0.293. The highest BCUT2D eigenvalue weighted by Crippen LogP contribution is 2.26. The van der Waals surface area contributed by atoms with Crippen LogP contribution >= 0.6 is 0 Å². The van der Waals surface area contributed by atoms with Crippen LogP contribution in [0.4, 0.5) is 0 Å². The van der Waals surface area contributed by atoms with Gasteiger partial charge in [0.1, 0.15) is 12.4 Å². The first-order valence-electron chi connectivity index (χ1n) is 5.70. The maximum Gasteiger partial charge on any atom is 0.148 e. The third-order valence-corrected chi connectivity index (χ3v) is 2.81. The van der Waals surface area contributed by atoms with Gasteiger partial charge in [0, 0.05) is 18.4 Å². The highest BCUT2D eigenvalue weighted by Gasteiger charge is 2.11. The molecule has 0 atom stereocenters. The monoisotopic (exact) mass is 237 g/mol. The molecule has 0 unspecified atom stereocenters.